The summed E-state index contributed by atoms with van der Waals surface area (Å²) < 4.78 is 0. The Hall–Kier alpha value is -2.27. The minimum atomic E-state index is 0.0452. The van der Waals surface area contributed by atoms with E-state index < -0.39 is 0 Å². The summed E-state index contributed by atoms with van der Waals surface area (Å²) in [7, 11) is 0. The summed E-state index contributed by atoms with van der Waals surface area (Å²) in [5, 5.41) is 12.4. The van der Waals surface area contributed by atoms with E-state index in [9.17, 15) is 0 Å². The van der Waals surface area contributed by atoms with Gasteiger partial charge >= 0.3 is 0 Å². The second-order valence-corrected chi connectivity index (χ2v) is 5.30. The van der Waals surface area contributed by atoms with Gasteiger partial charge in [0, 0.05) is 12.2 Å². The van der Waals surface area contributed by atoms with Crippen molar-refractivity contribution in [3.05, 3.63) is 54.6 Å². The molecule has 0 radical (unpaired) electrons. The van der Waals surface area contributed by atoms with Crippen LogP contribution in [0.5, 0.6) is 0 Å². The molecule has 1 unspecified atom stereocenters. The number of hydrogen-bond acceptors (Lipinski definition) is 2. The maximum atomic E-state index is 9.08. The molecule has 0 aliphatic carbocycles. The molecule has 0 amide bonds. The van der Waals surface area contributed by atoms with Gasteiger partial charge in [-0.25, -0.2) is 0 Å². The summed E-state index contributed by atoms with van der Waals surface area (Å²) in [6, 6.07) is 21.0. The quantitative estimate of drug-likeness (QED) is 0.859. The van der Waals surface area contributed by atoms with Gasteiger partial charge in [0.2, 0.25) is 0 Å². The summed E-state index contributed by atoms with van der Waals surface area (Å²) in [4.78, 5) is 0. The molecule has 1 atom stereocenters. The number of benzene rings is 2. The van der Waals surface area contributed by atoms with Crippen LogP contribution in [0, 0.1) is 23.2 Å². The van der Waals surface area contributed by atoms with Gasteiger partial charge in [0.15, 0.2) is 0 Å². The highest BCUT2D eigenvalue weighted by Gasteiger charge is 2.11. The van der Waals surface area contributed by atoms with Crippen molar-refractivity contribution >= 4 is 5.69 Å². The normalized spacial score (nSPS) is 11.9. The van der Waals surface area contributed by atoms with Crippen LogP contribution in [0.1, 0.15) is 13.8 Å². The van der Waals surface area contributed by atoms with Crippen molar-refractivity contribution < 1.29 is 0 Å². The molecule has 0 aliphatic heterocycles. The summed E-state index contributed by atoms with van der Waals surface area (Å²) in [5.74, 6) is 0.417. The molecule has 2 aromatic rings. The number of nitriles is 1. The standard InChI is InChI=1S/C18H20N2/c1-14(2)17(12-19)13-20-18-10-8-16(9-11-18)15-6-4-3-5-7-15/h3-11,14,17,20H,13H2,1-2H3. The molecule has 2 nitrogen and oxygen atoms in total. The third-order valence-electron chi connectivity index (χ3n) is 3.49. The molecule has 0 saturated carbocycles. The number of anilines is 1. The molecule has 2 heteroatoms. The fourth-order valence-corrected chi connectivity index (χ4v) is 2.07. The van der Waals surface area contributed by atoms with Gasteiger partial charge in [-0.2, -0.15) is 5.26 Å². The van der Waals surface area contributed by atoms with Gasteiger partial charge in [0.05, 0.1) is 12.0 Å². The van der Waals surface area contributed by atoms with Gasteiger partial charge in [-0.3, -0.25) is 0 Å². The smallest absolute Gasteiger partial charge is 0.0677 e. The molecule has 20 heavy (non-hydrogen) atoms. The zero-order chi connectivity index (χ0) is 14.4. The van der Waals surface area contributed by atoms with E-state index in [1.54, 1.807) is 0 Å². The Morgan fingerprint density at radius 1 is 0.950 bits per heavy atom. The first-order valence-corrected chi connectivity index (χ1v) is 6.99. The minimum absolute atomic E-state index is 0.0452. The van der Waals surface area contributed by atoms with E-state index in [2.05, 4.69) is 61.6 Å². The Labute approximate surface area is 121 Å². The van der Waals surface area contributed by atoms with E-state index in [1.165, 1.54) is 11.1 Å². The van der Waals surface area contributed by atoms with Crippen LogP contribution in [-0.4, -0.2) is 6.54 Å². The lowest BCUT2D eigenvalue weighted by atomic mass is 9.97. The number of nitrogens with one attached hydrogen (secondary N) is 1. The predicted molar refractivity (Wildman–Crippen MR) is 84.3 cm³/mol. The van der Waals surface area contributed by atoms with Crippen molar-refractivity contribution in [2.24, 2.45) is 11.8 Å². The molecular formula is C18H20N2. The molecule has 0 spiro atoms. The SMILES string of the molecule is CC(C)C(C#N)CNc1ccc(-c2ccccc2)cc1. The molecule has 2 rings (SSSR count). The van der Waals surface area contributed by atoms with Crippen molar-refractivity contribution in [1.82, 2.24) is 0 Å². The third-order valence-corrected chi connectivity index (χ3v) is 3.49. The van der Waals surface area contributed by atoms with Crippen LogP contribution < -0.4 is 5.32 Å². The second kappa shape index (κ2) is 6.77. The van der Waals surface area contributed by atoms with E-state index in [-0.39, 0.29) is 5.92 Å². The maximum Gasteiger partial charge on any atom is 0.0677 e. The fraction of sp³-hybridized carbons (Fsp3) is 0.278. The summed E-state index contributed by atoms with van der Waals surface area (Å²) in [5.41, 5.74) is 3.48. The largest absolute Gasteiger partial charge is 0.384 e. The van der Waals surface area contributed by atoms with Crippen LogP contribution >= 0.6 is 0 Å². The van der Waals surface area contributed by atoms with Crippen LogP contribution in [0.4, 0.5) is 5.69 Å². The van der Waals surface area contributed by atoms with Gasteiger partial charge in [-0.05, 0) is 29.2 Å². The molecule has 102 valence electrons. The van der Waals surface area contributed by atoms with Crippen molar-refractivity contribution in [2.75, 3.05) is 11.9 Å². The topological polar surface area (TPSA) is 35.8 Å². The highest BCUT2D eigenvalue weighted by molar-refractivity contribution is 5.65. The summed E-state index contributed by atoms with van der Waals surface area (Å²) >= 11 is 0. The summed E-state index contributed by atoms with van der Waals surface area (Å²) in [6.07, 6.45) is 0. The molecule has 0 aromatic heterocycles. The zero-order valence-electron chi connectivity index (χ0n) is 12.0. The van der Waals surface area contributed by atoms with E-state index in [0.29, 0.717) is 12.5 Å². The van der Waals surface area contributed by atoms with Crippen molar-refractivity contribution in [3.63, 3.8) is 0 Å². The Morgan fingerprint density at radius 2 is 1.55 bits per heavy atom. The van der Waals surface area contributed by atoms with Crippen molar-refractivity contribution in [2.45, 2.75) is 13.8 Å². The number of rotatable bonds is 5. The Bertz CT molecular complexity index is 565. The van der Waals surface area contributed by atoms with Gasteiger partial charge in [0.1, 0.15) is 0 Å². The zero-order valence-corrected chi connectivity index (χ0v) is 12.0. The molecule has 1 N–H and O–H groups in total. The Balaban J connectivity index is 2.01. The van der Waals surface area contributed by atoms with Crippen molar-refractivity contribution in [3.8, 4) is 17.2 Å². The maximum absolute atomic E-state index is 9.08. The van der Waals surface area contributed by atoms with E-state index >= 15 is 0 Å². The van der Waals surface area contributed by atoms with Crippen LogP contribution in [-0.2, 0) is 0 Å². The van der Waals surface area contributed by atoms with Crippen LogP contribution in [0.25, 0.3) is 11.1 Å². The van der Waals surface area contributed by atoms with Crippen LogP contribution in [0.15, 0.2) is 54.6 Å². The van der Waals surface area contributed by atoms with Gasteiger partial charge < -0.3 is 5.32 Å². The monoisotopic (exact) mass is 264 g/mol. The third kappa shape index (κ3) is 3.61. The lowest BCUT2D eigenvalue weighted by Gasteiger charge is -2.14. The first-order valence-electron chi connectivity index (χ1n) is 6.99. The van der Waals surface area contributed by atoms with Gasteiger partial charge in [0.25, 0.3) is 0 Å². The minimum Gasteiger partial charge on any atom is -0.384 e. The van der Waals surface area contributed by atoms with Gasteiger partial charge in [-0.15, -0.1) is 0 Å². The molecule has 0 aliphatic rings. The predicted octanol–water partition coefficient (Wildman–Crippen LogP) is 4.56. The Morgan fingerprint density at radius 3 is 2.10 bits per heavy atom. The highest BCUT2D eigenvalue weighted by atomic mass is 14.9. The highest BCUT2D eigenvalue weighted by Crippen LogP contribution is 2.21. The summed E-state index contributed by atoms with van der Waals surface area (Å²) in [6.45, 7) is 4.85. The average molecular weight is 264 g/mol. The number of nitrogens with zero attached hydrogens (tertiary/aromatic N) is 1. The van der Waals surface area contributed by atoms with E-state index in [1.807, 2.05) is 18.2 Å². The molecular weight excluding hydrogens is 244 g/mol. The lowest BCUT2D eigenvalue weighted by Crippen LogP contribution is -2.17. The second-order valence-electron chi connectivity index (χ2n) is 5.30. The average Bonchev–Trinajstić information content (AvgIpc) is 2.49. The molecule has 0 heterocycles. The Kier molecular flexibility index (Phi) is 4.79. The van der Waals surface area contributed by atoms with Crippen molar-refractivity contribution in [1.29, 1.82) is 5.26 Å². The molecule has 0 fully saturated rings. The first kappa shape index (κ1) is 14.1. The molecule has 2 aromatic carbocycles. The van der Waals surface area contributed by atoms with Crippen LogP contribution in [0.3, 0.4) is 0 Å². The van der Waals surface area contributed by atoms with E-state index in [0.717, 1.165) is 5.69 Å². The first-order chi connectivity index (χ1) is 9.70. The van der Waals surface area contributed by atoms with Gasteiger partial charge in [-0.1, -0.05) is 56.3 Å². The molecule has 0 saturated heterocycles. The molecule has 0 bridgehead atoms. The fourth-order valence-electron chi connectivity index (χ4n) is 2.07. The van der Waals surface area contributed by atoms with Crippen LogP contribution in [0.2, 0.25) is 0 Å². The number of hydrogen-bond donors (Lipinski definition) is 1. The van der Waals surface area contributed by atoms with E-state index in [4.69, 9.17) is 5.26 Å². The lowest BCUT2D eigenvalue weighted by molar-refractivity contribution is 0.496.